The number of ether oxygens (including phenoxy) is 1. The molecular weight excluding hydrogens is 948 g/mol. The summed E-state index contributed by atoms with van der Waals surface area (Å²) in [6, 6.07) is 17.8. The van der Waals surface area contributed by atoms with Crippen molar-refractivity contribution in [3.8, 4) is 16.2 Å². The Morgan fingerprint density at radius 3 is 2.52 bits per heavy atom. The van der Waals surface area contributed by atoms with Gasteiger partial charge in [-0.05, 0) is 98.7 Å². The van der Waals surface area contributed by atoms with Crippen molar-refractivity contribution in [2.24, 2.45) is 0 Å². The lowest BCUT2D eigenvalue weighted by molar-refractivity contribution is -0.139. The van der Waals surface area contributed by atoms with Crippen LogP contribution < -0.4 is 25.2 Å². The van der Waals surface area contributed by atoms with E-state index in [2.05, 4.69) is 31.6 Å². The largest absolute Gasteiger partial charge is 0.479 e. The number of imidazole rings is 1. The number of carbonyl (C=O) groups is 5. The third-order valence-electron chi connectivity index (χ3n) is 13.5. The number of anilines is 3. The minimum atomic E-state index is -3.82. The molecule has 6 aromatic rings. The number of halogens is 1. The number of hydrogen-bond donors (Lipinski definition) is 5. The summed E-state index contributed by atoms with van der Waals surface area (Å²) in [6.07, 6.45) is 4.73. The van der Waals surface area contributed by atoms with Crippen LogP contribution >= 0.6 is 22.9 Å². The first-order valence-electron chi connectivity index (χ1n) is 22.6. The molecule has 5 N–H and O–H groups in total. The predicted octanol–water partition coefficient (Wildman–Crippen LogP) is 6.99. The second kappa shape index (κ2) is 17.7. The number of hydrogen-bond acceptors (Lipinski definition) is 13. The van der Waals surface area contributed by atoms with Crippen LogP contribution in [0.5, 0.6) is 5.75 Å². The number of carboxylic acid groups (broad SMARTS) is 2. The Labute approximate surface area is 404 Å². The van der Waals surface area contributed by atoms with Gasteiger partial charge in [-0.3, -0.25) is 29.6 Å². The summed E-state index contributed by atoms with van der Waals surface area (Å²) in [6.45, 7) is 4.73. The Balaban J connectivity index is 0.778. The van der Waals surface area contributed by atoms with E-state index in [4.69, 9.17) is 26.4 Å². The second-order valence-electron chi connectivity index (χ2n) is 18.5. The first-order valence-corrected chi connectivity index (χ1v) is 25.4. The maximum atomic E-state index is 14.1. The van der Waals surface area contributed by atoms with Gasteiger partial charge in [-0.1, -0.05) is 41.9 Å². The van der Waals surface area contributed by atoms with Crippen LogP contribution in [0, 0.1) is 0 Å². The van der Waals surface area contributed by atoms with E-state index in [1.165, 1.54) is 0 Å². The molecule has 3 fully saturated rings. The number of fused-ring (bicyclic) bond motifs is 1. The highest BCUT2D eigenvalue weighted by Gasteiger charge is 2.43. The van der Waals surface area contributed by atoms with Gasteiger partial charge in [0.15, 0.2) is 17.2 Å². The van der Waals surface area contributed by atoms with Gasteiger partial charge in [0, 0.05) is 54.3 Å². The van der Waals surface area contributed by atoms with Crippen molar-refractivity contribution >= 4 is 102 Å². The average molecular weight is 996 g/mol. The van der Waals surface area contributed by atoms with E-state index >= 15 is 0 Å². The highest BCUT2D eigenvalue weighted by molar-refractivity contribution is 7.88. The van der Waals surface area contributed by atoms with Crippen molar-refractivity contribution in [1.82, 2.24) is 24.6 Å². The Morgan fingerprint density at radius 1 is 1.00 bits per heavy atom. The van der Waals surface area contributed by atoms with Crippen LogP contribution in [-0.2, 0) is 30.2 Å². The minimum Gasteiger partial charge on any atom is -0.479 e. The van der Waals surface area contributed by atoms with Gasteiger partial charge in [-0.15, -0.1) is 11.3 Å². The SMILES string of the molecule is CC1(C)CC(Nc2cccc(-c3sc(C(=O)O)c(OCC(=O)O)c3Cl)c2)CCN1S(=O)(=O)Cc1cc2nc(N3CCC(c4ccc5c6c(cccc46)C(=O)N5C4CCC(=O)NC4=O)CC3)[nH]c2cn1. The summed E-state index contributed by atoms with van der Waals surface area (Å²) < 4.78 is 35.0. The molecule has 3 aromatic heterocycles. The van der Waals surface area contributed by atoms with E-state index in [1.54, 1.807) is 39.7 Å². The van der Waals surface area contributed by atoms with Crippen molar-refractivity contribution in [2.75, 3.05) is 41.4 Å². The maximum Gasteiger partial charge on any atom is 0.349 e. The summed E-state index contributed by atoms with van der Waals surface area (Å²) >= 11 is 7.42. The molecule has 0 radical (unpaired) electrons. The number of thiophene rings is 1. The van der Waals surface area contributed by atoms with Crippen molar-refractivity contribution < 1.29 is 47.3 Å². The van der Waals surface area contributed by atoms with E-state index in [0.717, 1.165) is 46.2 Å². The Hall–Kier alpha value is -6.61. The van der Waals surface area contributed by atoms with Crippen molar-refractivity contribution in [2.45, 2.75) is 81.7 Å². The number of amides is 3. The van der Waals surface area contributed by atoms with Crippen LogP contribution in [0.2, 0.25) is 5.02 Å². The third-order valence-corrected chi connectivity index (χ3v) is 17.2. The van der Waals surface area contributed by atoms with Gasteiger partial charge in [-0.2, -0.15) is 4.31 Å². The first kappa shape index (κ1) is 46.1. The number of nitrogens with one attached hydrogen (secondary N) is 3. The number of H-pyrrole nitrogens is 1. The smallest absolute Gasteiger partial charge is 0.349 e. The molecule has 0 bridgehead atoms. The Morgan fingerprint density at radius 2 is 1.78 bits per heavy atom. The molecule has 0 spiro atoms. The molecule has 0 saturated carbocycles. The van der Waals surface area contributed by atoms with E-state index in [1.807, 2.05) is 44.2 Å². The molecule has 10 rings (SSSR count). The molecule has 18 nitrogen and oxygen atoms in total. The minimum absolute atomic E-state index is 0.00442. The molecule has 0 aliphatic carbocycles. The number of aromatic carboxylic acids is 1. The van der Waals surface area contributed by atoms with Crippen LogP contribution in [0.15, 0.2) is 66.9 Å². The summed E-state index contributed by atoms with van der Waals surface area (Å²) in [4.78, 5) is 78.1. The highest BCUT2D eigenvalue weighted by Crippen LogP contribution is 2.47. The molecule has 3 amide bonds. The first-order chi connectivity index (χ1) is 33.0. The average Bonchev–Trinajstić information content (AvgIpc) is 3.97. The molecule has 4 aliphatic rings. The van der Waals surface area contributed by atoms with E-state index in [0.29, 0.717) is 70.3 Å². The van der Waals surface area contributed by atoms with Gasteiger partial charge >= 0.3 is 11.9 Å². The van der Waals surface area contributed by atoms with Crippen LogP contribution in [0.4, 0.5) is 17.3 Å². The normalized spacial score (nSPS) is 19.9. The highest BCUT2D eigenvalue weighted by atomic mass is 35.5. The molecule has 69 heavy (non-hydrogen) atoms. The molecular formula is C48H47ClN8O10S2. The zero-order valence-electron chi connectivity index (χ0n) is 37.5. The molecule has 2 atom stereocenters. The summed E-state index contributed by atoms with van der Waals surface area (Å²) in [7, 11) is -3.82. The van der Waals surface area contributed by atoms with Gasteiger partial charge in [0.1, 0.15) is 16.8 Å². The molecule has 3 saturated heterocycles. The zero-order valence-corrected chi connectivity index (χ0v) is 39.8. The molecule has 3 aromatic carbocycles. The molecule has 21 heteroatoms. The fourth-order valence-electron chi connectivity index (χ4n) is 10.4. The standard InChI is InChI=1S/C48H47ClN8O10S2/c1-48(2)21-28(51-27-6-3-5-26(19-27)42-40(49)41(67-23-38(59)60)43(68-42)46(63)64)15-18-56(48)69(65,66)24-29-20-33-34(22-50-29)53-47(52-33)55-16-13-25(14-17-55)30-9-10-35-39-31(30)7-4-8-32(39)45(62)57(35)36-11-12-37(58)54-44(36)61/h3-10,19-20,22,25,28,36,51H,11-18,21,23-24H2,1-2H3,(H,52,53)(H,59,60)(H,63,64)(H,54,58,61). The van der Waals surface area contributed by atoms with Crippen molar-refractivity contribution in [3.63, 3.8) is 0 Å². The molecule has 358 valence electrons. The number of nitrogens with zero attached hydrogens (tertiary/aromatic N) is 5. The maximum absolute atomic E-state index is 14.1. The monoisotopic (exact) mass is 994 g/mol. The number of carbonyl (C=O) groups excluding carboxylic acids is 3. The Kier molecular flexibility index (Phi) is 11.9. The fraction of sp³-hybridized carbons (Fsp3) is 0.354. The number of aromatic nitrogens is 3. The number of rotatable bonds is 13. The van der Waals surface area contributed by atoms with E-state index < -0.39 is 46.1 Å². The Bertz CT molecular complexity index is 3240. The molecule has 7 heterocycles. The number of benzene rings is 3. The lowest BCUT2D eigenvalue weighted by Crippen LogP contribution is -2.55. The summed E-state index contributed by atoms with van der Waals surface area (Å²) in [5.41, 5.74) is 4.64. The number of aromatic amines is 1. The zero-order chi connectivity index (χ0) is 48.5. The van der Waals surface area contributed by atoms with Crippen LogP contribution in [0.3, 0.4) is 0 Å². The number of carboxylic acids is 2. The number of piperidine rings is 3. The van der Waals surface area contributed by atoms with Gasteiger partial charge in [0.25, 0.3) is 5.91 Å². The van der Waals surface area contributed by atoms with E-state index in [9.17, 15) is 37.5 Å². The third kappa shape index (κ3) is 8.63. The quantitative estimate of drug-likeness (QED) is 0.0733. The van der Waals surface area contributed by atoms with Gasteiger partial charge in [0.2, 0.25) is 27.8 Å². The summed E-state index contributed by atoms with van der Waals surface area (Å²) in [5.74, 6) is -3.20. The van der Waals surface area contributed by atoms with Gasteiger partial charge in [-0.25, -0.2) is 23.0 Å². The van der Waals surface area contributed by atoms with Crippen molar-refractivity contribution in [3.05, 3.63) is 93.6 Å². The number of sulfonamides is 1. The second-order valence-corrected chi connectivity index (χ2v) is 21.8. The fourth-order valence-corrected chi connectivity index (χ4v) is 13.7. The van der Waals surface area contributed by atoms with E-state index in [-0.39, 0.29) is 64.6 Å². The molecule has 4 aliphatic heterocycles. The van der Waals surface area contributed by atoms with Gasteiger partial charge in [0.05, 0.1) is 33.5 Å². The number of pyridine rings is 1. The van der Waals surface area contributed by atoms with Crippen LogP contribution in [-0.4, -0.2) is 111 Å². The van der Waals surface area contributed by atoms with Crippen molar-refractivity contribution in [1.29, 1.82) is 0 Å². The topological polar surface area (TPSA) is 245 Å². The predicted molar refractivity (Wildman–Crippen MR) is 260 cm³/mol. The number of aliphatic carboxylic acids is 1. The molecule has 2 unspecified atom stereocenters. The lowest BCUT2D eigenvalue weighted by atomic mass is 9.85. The summed E-state index contributed by atoms with van der Waals surface area (Å²) in [5, 5.41) is 26.5. The number of imide groups is 1. The lowest BCUT2D eigenvalue weighted by Gasteiger charge is -2.44. The van der Waals surface area contributed by atoms with Crippen LogP contribution in [0.1, 0.15) is 89.6 Å². The van der Waals surface area contributed by atoms with Gasteiger partial charge < -0.3 is 30.2 Å². The van der Waals surface area contributed by atoms with Crippen LogP contribution in [0.25, 0.3) is 32.2 Å².